The van der Waals surface area contributed by atoms with Crippen molar-refractivity contribution < 1.29 is 38.1 Å². The number of nitrogens with zero attached hydrogens (tertiary/aromatic N) is 1. The van der Waals surface area contributed by atoms with Gasteiger partial charge in [-0.15, -0.1) is 0 Å². The fraction of sp³-hybridized carbons (Fsp3) is 0.545. The van der Waals surface area contributed by atoms with E-state index in [0.717, 1.165) is 17.7 Å². The summed E-state index contributed by atoms with van der Waals surface area (Å²) in [4.78, 5) is 50.1. The molecule has 32 heavy (non-hydrogen) atoms. The maximum atomic E-state index is 12.4. The van der Waals surface area contributed by atoms with Crippen LogP contribution in [0.5, 0.6) is 17.2 Å². The van der Waals surface area contributed by atoms with Gasteiger partial charge in [0.25, 0.3) is 5.91 Å². The molecule has 2 atom stereocenters. The number of imide groups is 1. The number of carbonyl (C=O) groups excluding carboxylic acids is 4. The Hall–Kier alpha value is -3.30. The minimum absolute atomic E-state index is 0.104. The van der Waals surface area contributed by atoms with E-state index in [1.54, 1.807) is 12.1 Å². The highest BCUT2D eigenvalue weighted by molar-refractivity contribution is 6.07. The summed E-state index contributed by atoms with van der Waals surface area (Å²) < 4.78 is 20.8. The fourth-order valence-corrected chi connectivity index (χ4v) is 4.18. The Labute approximate surface area is 186 Å². The number of likely N-dealkylation sites (tertiary alicyclic amines) is 1. The first-order valence-electron chi connectivity index (χ1n) is 10.5. The number of fused-ring (bicyclic) bond motifs is 1. The number of hydrogen-bond donors (Lipinski definition) is 1. The molecular formula is C22H28N2O8. The molecule has 1 aliphatic heterocycles. The van der Waals surface area contributed by atoms with E-state index in [1.807, 2.05) is 0 Å². The molecule has 2 aliphatic rings. The number of amides is 3. The SMILES string of the molecule is COc1cc(OC)c(OC)cc1CNC(=O)COC(=O)CN1C(=O)C2CCCCC2C1=O. The monoisotopic (exact) mass is 448 g/mol. The van der Waals surface area contributed by atoms with Crippen molar-refractivity contribution in [1.29, 1.82) is 0 Å². The van der Waals surface area contributed by atoms with Gasteiger partial charge in [-0.1, -0.05) is 12.8 Å². The van der Waals surface area contributed by atoms with Crippen LogP contribution in [0.15, 0.2) is 12.1 Å². The van der Waals surface area contributed by atoms with Crippen molar-refractivity contribution in [3.63, 3.8) is 0 Å². The van der Waals surface area contributed by atoms with E-state index in [-0.39, 0.29) is 30.2 Å². The maximum Gasteiger partial charge on any atom is 0.326 e. The average Bonchev–Trinajstić information content (AvgIpc) is 3.05. The van der Waals surface area contributed by atoms with E-state index in [1.165, 1.54) is 21.3 Å². The van der Waals surface area contributed by atoms with E-state index >= 15 is 0 Å². The molecule has 3 rings (SSSR count). The van der Waals surface area contributed by atoms with E-state index in [2.05, 4.69) is 5.32 Å². The van der Waals surface area contributed by atoms with Crippen molar-refractivity contribution >= 4 is 23.7 Å². The summed E-state index contributed by atoms with van der Waals surface area (Å²) in [7, 11) is 4.49. The summed E-state index contributed by atoms with van der Waals surface area (Å²) in [5.74, 6) is -1.18. The third kappa shape index (κ3) is 4.95. The van der Waals surface area contributed by atoms with Crippen LogP contribution in [0.3, 0.4) is 0 Å². The van der Waals surface area contributed by atoms with Gasteiger partial charge < -0.3 is 24.3 Å². The highest BCUT2D eigenvalue weighted by atomic mass is 16.5. The van der Waals surface area contributed by atoms with Crippen molar-refractivity contribution in [3.8, 4) is 17.2 Å². The summed E-state index contributed by atoms with van der Waals surface area (Å²) in [5, 5.41) is 2.63. The third-order valence-corrected chi connectivity index (χ3v) is 5.85. The summed E-state index contributed by atoms with van der Waals surface area (Å²) >= 11 is 0. The number of hydrogen-bond acceptors (Lipinski definition) is 8. The van der Waals surface area contributed by atoms with Crippen LogP contribution in [-0.2, 0) is 30.5 Å². The minimum atomic E-state index is -0.802. The lowest BCUT2D eigenvalue weighted by Gasteiger charge is -2.19. The van der Waals surface area contributed by atoms with Crippen molar-refractivity contribution in [1.82, 2.24) is 10.2 Å². The molecule has 1 aliphatic carbocycles. The molecule has 0 radical (unpaired) electrons. The van der Waals surface area contributed by atoms with Crippen LogP contribution in [0.4, 0.5) is 0 Å². The molecule has 174 valence electrons. The second kappa shape index (κ2) is 10.3. The lowest BCUT2D eigenvalue weighted by Crippen LogP contribution is -2.38. The standard InChI is InChI=1S/C22H28N2O8/c1-29-16-9-18(31-3)17(30-2)8-13(16)10-23-19(25)12-32-20(26)11-24-21(27)14-6-4-5-7-15(14)22(24)28/h8-9,14-15H,4-7,10-12H2,1-3H3,(H,23,25). The molecule has 0 bridgehead atoms. The molecule has 2 fully saturated rings. The molecular weight excluding hydrogens is 420 g/mol. The summed E-state index contributed by atoms with van der Waals surface area (Å²) in [6, 6.07) is 3.32. The van der Waals surface area contributed by atoms with Gasteiger partial charge >= 0.3 is 5.97 Å². The molecule has 10 heteroatoms. The Morgan fingerprint density at radius 3 is 2.06 bits per heavy atom. The maximum absolute atomic E-state index is 12.4. The van der Waals surface area contributed by atoms with Crippen LogP contribution in [0.25, 0.3) is 0 Å². The molecule has 0 spiro atoms. The Bertz CT molecular complexity index is 876. The number of esters is 1. The van der Waals surface area contributed by atoms with Gasteiger partial charge in [0, 0.05) is 18.2 Å². The van der Waals surface area contributed by atoms with Crippen molar-refractivity contribution in [2.45, 2.75) is 32.2 Å². The number of methoxy groups -OCH3 is 3. The van der Waals surface area contributed by atoms with Crippen molar-refractivity contribution in [2.75, 3.05) is 34.5 Å². The van der Waals surface area contributed by atoms with Crippen molar-refractivity contribution in [2.24, 2.45) is 11.8 Å². The van der Waals surface area contributed by atoms with E-state index in [9.17, 15) is 19.2 Å². The van der Waals surface area contributed by atoms with E-state index in [0.29, 0.717) is 35.7 Å². The van der Waals surface area contributed by atoms with Gasteiger partial charge in [0.1, 0.15) is 12.3 Å². The molecule has 1 aromatic rings. The molecule has 1 N–H and O–H groups in total. The number of ether oxygens (including phenoxy) is 4. The zero-order valence-electron chi connectivity index (χ0n) is 18.5. The highest BCUT2D eigenvalue weighted by Crippen LogP contribution is 2.38. The lowest BCUT2D eigenvalue weighted by molar-refractivity contribution is -0.154. The van der Waals surface area contributed by atoms with Gasteiger partial charge in [-0.05, 0) is 18.9 Å². The van der Waals surface area contributed by atoms with Crippen LogP contribution in [0.2, 0.25) is 0 Å². The minimum Gasteiger partial charge on any atom is -0.496 e. The smallest absolute Gasteiger partial charge is 0.326 e. The number of carbonyl (C=O) groups is 4. The molecule has 2 unspecified atom stereocenters. The zero-order chi connectivity index (χ0) is 23.3. The highest BCUT2D eigenvalue weighted by Gasteiger charge is 2.48. The molecule has 1 heterocycles. The van der Waals surface area contributed by atoms with Crippen LogP contribution < -0.4 is 19.5 Å². The molecule has 3 amide bonds. The first-order chi connectivity index (χ1) is 15.4. The first-order valence-corrected chi connectivity index (χ1v) is 10.5. The second-order valence-corrected chi connectivity index (χ2v) is 7.72. The van der Waals surface area contributed by atoms with Crippen LogP contribution >= 0.6 is 0 Å². The molecule has 10 nitrogen and oxygen atoms in total. The van der Waals surface area contributed by atoms with Crippen molar-refractivity contribution in [3.05, 3.63) is 17.7 Å². The van der Waals surface area contributed by atoms with Gasteiger partial charge in [0.05, 0.1) is 33.2 Å². The summed E-state index contributed by atoms with van der Waals surface area (Å²) in [6.07, 6.45) is 3.15. The molecule has 0 aromatic heterocycles. The molecule has 1 saturated carbocycles. The first kappa shape index (κ1) is 23.4. The predicted octanol–water partition coefficient (Wildman–Crippen LogP) is 1.05. The van der Waals surface area contributed by atoms with E-state index < -0.39 is 25.0 Å². The zero-order valence-corrected chi connectivity index (χ0v) is 18.5. The topological polar surface area (TPSA) is 120 Å². The quantitative estimate of drug-likeness (QED) is 0.440. The van der Waals surface area contributed by atoms with Gasteiger partial charge in [-0.25, -0.2) is 0 Å². The molecule has 1 saturated heterocycles. The van der Waals surface area contributed by atoms with Gasteiger partial charge in [-0.3, -0.25) is 24.1 Å². The third-order valence-electron chi connectivity index (χ3n) is 5.85. The summed E-state index contributed by atoms with van der Waals surface area (Å²) in [6.45, 7) is -0.897. The normalized spacial score (nSPS) is 19.9. The largest absolute Gasteiger partial charge is 0.496 e. The van der Waals surface area contributed by atoms with Crippen LogP contribution in [-0.4, -0.2) is 63.1 Å². The van der Waals surface area contributed by atoms with Crippen LogP contribution in [0.1, 0.15) is 31.2 Å². The number of nitrogens with one attached hydrogen (secondary N) is 1. The Kier molecular flexibility index (Phi) is 7.55. The molecule has 1 aromatic carbocycles. The summed E-state index contributed by atoms with van der Waals surface area (Å²) in [5.41, 5.74) is 0.640. The number of benzene rings is 1. The van der Waals surface area contributed by atoms with Crippen LogP contribution in [0, 0.1) is 11.8 Å². The van der Waals surface area contributed by atoms with Gasteiger partial charge in [0.15, 0.2) is 18.1 Å². The van der Waals surface area contributed by atoms with Gasteiger partial charge in [-0.2, -0.15) is 0 Å². The van der Waals surface area contributed by atoms with Gasteiger partial charge in [0.2, 0.25) is 11.8 Å². The lowest BCUT2D eigenvalue weighted by atomic mass is 9.81. The Balaban J connectivity index is 1.49. The second-order valence-electron chi connectivity index (χ2n) is 7.72. The van der Waals surface area contributed by atoms with E-state index in [4.69, 9.17) is 18.9 Å². The number of rotatable bonds is 9. The fourth-order valence-electron chi connectivity index (χ4n) is 4.18. The Morgan fingerprint density at radius 1 is 0.938 bits per heavy atom. The predicted molar refractivity (Wildman–Crippen MR) is 111 cm³/mol. The average molecular weight is 448 g/mol. The Morgan fingerprint density at radius 2 is 1.50 bits per heavy atom.